The van der Waals surface area contributed by atoms with E-state index in [1.54, 1.807) is 0 Å². The third-order valence-corrected chi connectivity index (χ3v) is 1.44. The number of alkyl halides is 1. The molecule has 0 aromatic carbocycles. The number of halogens is 1. The lowest BCUT2D eigenvalue weighted by Gasteiger charge is -2.20. The lowest BCUT2D eigenvalue weighted by molar-refractivity contribution is -0.00293. The zero-order valence-corrected chi connectivity index (χ0v) is 5.27. The Morgan fingerprint density at radius 2 is 2.25 bits per heavy atom. The molecule has 0 radical (unpaired) electrons. The molecule has 1 heterocycles. The maximum Gasteiger partial charge on any atom is 0.0788 e. The van der Waals surface area contributed by atoms with Crippen molar-refractivity contribution in [2.45, 2.75) is 17.9 Å². The predicted octanol–water partition coefficient (Wildman–Crippen LogP) is 0.375. The quantitative estimate of drug-likeness (QED) is 0.488. The first-order chi connectivity index (χ1) is 3.79. The molecule has 0 aliphatic carbocycles. The number of hydrogen-bond acceptors (Lipinski definition) is 2. The van der Waals surface area contributed by atoms with Crippen LogP contribution in [0.5, 0.6) is 0 Å². The molecule has 0 aromatic heterocycles. The standard InChI is InChI=1S/C5H9ClO2/c6-4-1-5(7)3-8-2-4/h4-5,7H,1-3H2. The van der Waals surface area contributed by atoms with Gasteiger partial charge in [0.25, 0.3) is 0 Å². The minimum atomic E-state index is -0.341. The average Bonchev–Trinajstić information content (AvgIpc) is 1.64. The van der Waals surface area contributed by atoms with Gasteiger partial charge < -0.3 is 9.84 Å². The van der Waals surface area contributed by atoms with Crippen molar-refractivity contribution in [2.75, 3.05) is 13.2 Å². The maximum absolute atomic E-state index is 8.87. The first-order valence-corrected chi connectivity index (χ1v) is 3.12. The van der Waals surface area contributed by atoms with Crippen molar-refractivity contribution < 1.29 is 9.84 Å². The Morgan fingerprint density at radius 1 is 1.50 bits per heavy atom. The minimum absolute atomic E-state index is 0.0127. The highest BCUT2D eigenvalue weighted by Gasteiger charge is 2.17. The summed E-state index contributed by atoms with van der Waals surface area (Å²) in [5, 5.41) is 8.88. The molecule has 0 bridgehead atoms. The second kappa shape index (κ2) is 2.67. The Labute approximate surface area is 53.4 Å². The van der Waals surface area contributed by atoms with Gasteiger partial charge in [0.1, 0.15) is 0 Å². The van der Waals surface area contributed by atoms with E-state index in [1.807, 2.05) is 0 Å². The summed E-state index contributed by atoms with van der Waals surface area (Å²) in [6.45, 7) is 1.03. The topological polar surface area (TPSA) is 29.5 Å². The zero-order valence-electron chi connectivity index (χ0n) is 4.51. The van der Waals surface area contributed by atoms with Gasteiger partial charge in [0.15, 0.2) is 0 Å². The summed E-state index contributed by atoms with van der Waals surface area (Å²) in [7, 11) is 0. The Kier molecular flexibility index (Phi) is 2.11. The van der Waals surface area contributed by atoms with Crippen molar-refractivity contribution in [1.29, 1.82) is 0 Å². The van der Waals surface area contributed by atoms with Gasteiger partial charge in [-0.05, 0) is 6.42 Å². The van der Waals surface area contributed by atoms with Gasteiger partial charge in [0.05, 0.1) is 24.7 Å². The van der Waals surface area contributed by atoms with Gasteiger partial charge in [-0.2, -0.15) is 0 Å². The summed E-state index contributed by atoms with van der Waals surface area (Å²) in [6, 6.07) is 0. The Hall–Kier alpha value is 0.210. The van der Waals surface area contributed by atoms with Crippen LogP contribution in [0.3, 0.4) is 0 Å². The molecule has 0 amide bonds. The highest BCUT2D eigenvalue weighted by atomic mass is 35.5. The molecule has 0 spiro atoms. The number of rotatable bonds is 0. The molecule has 8 heavy (non-hydrogen) atoms. The third-order valence-electron chi connectivity index (χ3n) is 1.14. The van der Waals surface area contributed by atoms with Gasteiger partial charge >= 0.3 is 0 Å². The number of aliphatic hydroxyl groups is 1. The molecule has 1 fully saturated rings. The lowest BCUT2D eigenvalue weighted by atomic mass is 10.2. The molecule has 1 rings (SSSR count). The maximum atomic E-state index is 8.87. The Morgan fingerprint density at radius 3 is 2.62 bits per heavy atom. The molecule has 2 nitrogen and oxygen atoms in total. The van der Waals surface area contributed by atoms with Gasteiger partial charge in [-0.3, -0.25) is 0 Å². The second-order valence-electron chi connectivity index (χ2n) is 2.02. The van der Waals surface area contributed by atoms with Crippen LogP contribution in [-0.4, -0.2) is 29.8 Å². The number of aliphatic hydroxyl groups excluding tert-OH is 1. The first-order valence-electron chi connectivity index (χ1n) is 2.69. The van der Waals surface area contributed by atoms with E-state index in [0.29, 0.717) is 19.6 Å². The van der Waals surface area contributed by atoms with Crippen LogP contribution < -0.4 is 0 Å². The predicted molar refractivity (Wildman–Crippen MR) is 31.1 cm³/mol. The van der Waals surface area contributed by atoms with E-state index in [4.69, 9.17) is 21.4 Å². The van der Waals surface area contributed by atoms with Crippen molar-refractivity contribution in [3.63, 3.8) is 0 Å². The van der Waals surface area contributed by atoms with E-state index >= 15 is 0 Å². The summed E-state index contributed by atoms with van der Waals surface area (Å²) in [6.07, 6.45) is 0.327. The van der Waals surface area contributed by atoms with Crippen molar-refractivity contribution >= 4 is 11.6 Å². The van der Waals surface area contributed by atoms with Crippen molar-refractivity contribution in [3.8, 4) is 0 Å². The van der Waals surface area contributed by atoms with Crippen molar-refractivity contribution in [2.24, 2.45) is 0 Å². The van der Waals surface area contributed by atoms with Crippen LogP contribution >= 0.6 is 11.6 Å². The highest BCUT2D eigenvalue weighted by Crippen LogP contribution is 2.11. The third kappa shape index (κ3) is 1.62. The molecule has 3 heteroatoms. The lowest BCUT2D eigenvalue weighted by Crippen LogP contribution is -2.29. The fourth-order valence-electron chi connectivity index (χ4n) is 0.763. The van der Waals surface area contributed by atoms with Crippen molar-refractivity contribution in [3.05, 3.63) is 0 Å². The second-order valence-corrected chi connectivity index (χ2v) is 2.64. The van der Waals surface area contributed by atoms with E-state index in [0.717, 1.165) is 0 Å². The molecule has 1 N–H and O–H groups in total. The smallest absolute Gasteiger partial charge is 0.0788 e. The molecule has 0 aromatic rings. The largest absolute Gasteiger partial charge is 0.391 e. The van der Waals surface area contributed by atoms with Crippen LogP contribution in [0.1, 0.15) is 6.42 Å². The summed E-state index contributed by atoms with van der Waals surface area (Å²) in [4.78, 5) is 0. The van der Waals surface area contributed by atoms with E-state index in [2.05, 4.69) is 0 Å². The van der Waals surface area contributed by atoms with Crippen LogP contribution in [0.25, 0.3) is 0 Å². The molecule has 0 saturated carbocycles. The van der Waals surface area contributed by atoms with E-state index < -0.39 is 0 Å². The molecule has 2 unspecified atom stereocenters. The molecule has 1 aliphatic rings. The summed E-state index contributed by atoms with van der Waals surface area (Å²) in [5.74, 6) is 0. The molecule has 1 aliphatic heterocycles. The van der Waals surface area contributed by atoms with Gasteiger partial charge in [-0.25, -0.2) is 0 Å². The van der Waals surface area contributed by atoms with E-state index in [1.165, 1.54) is 0 Å². The minimum Gasteiger partial charge on any atom is -0.391 e. The van der Waals surface area contributed by atoms with Crippen LogP contribution in [-0.2, 0) is 4.74 Å². The highest BCUT2D eigenvalue weighted by molar-refractivity contribution is 6.20. The molecular formula is C5H9ClO2. The van der Waals surface area contributed by atoms with Gasteiger partial charge in [-0.15, -0.1) is 11.6 Å². The Bertz CT molecular complexity index is 68.8. The first kappa shape index (κ1) is 6.33. The molecular weight excluding hydrogens is 128 g/mol. The Balaban J connectivity index is 2.23. The molecule has 48 valence electrons. The monoisotopic (exact) mass is 136 g/mol. The van der Waals surface area contributed by atoms with E-state index in [9.17, 15) is 0 Å². The normalized spacial score (nSPS) is 39.8. The van der Waals surface area contributed by atoms with E-state index in [-0.39, 0.29) is 11.5 Å². The fraction of sp³-hybridized carbons (Fsp3) is 1.00. The summed E-state index contributed by atoms with van der Waals surface area (Å²) >= 11 is 5.63. The fourth-order valence-corrected chi connectivity index (χ4v) is 1.06. The van der Waals surface area contributed by atoms with Gasteiger partial charge in [0.2, 0.25) is 0 Å². The SMILES string of the molecule is OC1COCC(Cl)C1. The van der Waals surface area contributed by atoms with Crippen LogP contribution in [0.15, 0.2) is 0 Å². The molecule has 1 saturated heterocycles. The summed E-state index contributed by atoms with van der Waals surface area (Å²) < 4.78 is 4.91. The van der Waals surface area contributed by atoms with Crippen LogP contribution in [0, 0.1) is 0 Å². The summed E-state index contributed by atoms with van der Waals surface area (Å²) in [5.41, 5.74) is 0. The van der Waals surface area contributed by atoms with Crippen molar-refractivity contribution in [1.82, 2.24) is 0 Å². The van der Waals surface area contributed by atoms with Crippen LogP contribution in [0.2, 0.25) is 0 Å². The zero-order chi connectivity index (χ0) is 5.98. The van der Waals surface area contributed by atoms with Gasteiger partial charge in [-0.1, -0.05) is 0 Å². The number of ether oxygens (including phenoxy) is 1. The van der Waals surface area contributed by atoms with Gasteiger partial charge in [0, 0.05) is 0 Å². The molecule has 2 atom stereocenters. The average molecular weight is 137 g/mol. The number of hydrogen-bond donors (Lipinski definition) is 1. The van der Waals surface area contributed by atoms with Crippen LogP contribution in [0.4, 0.5) is 0 Å².